The molecule has 8 heteroatoms. The highest BCUT2D eigenvalue weighted by atomic mass is 35.5. The van der Waals surface area contributed by atoms with E-state index in [0.29, 0.717) is 13.1 Å². The van der Waals surface area contributed by atoms with E-state index in [1.807, 2.05) is 0 Å². The number of nitrogens with one attached hydrogen (secondary N) is 1. The molecule has 1 aromatic rings. The maximum atomic E-state index is 14.1. The molecule has 0 saturated carbocycles. The molecule has 1 fully saturated rings. The summed E-state index contributed by atoms with van der Waals surface area (Å²) in [5, 5.41) is 2.81. The molecule has 0 spiro atoms. The van der Waals surface area contributed by atoms with Crippen molar-refractivity contribution in [2.24, 2.45) is 0 Å². The van der Waals surface area contributed by atoms with Crippen LogP contribution in [0.1, 0.15) is 11.6 Å². The number of benzene rings is 1. The van der Waals surface area contributed by atoms with Gasteiger partial charge in [-0.15, -0.1) is 0 Å². The topological polar surface area (TPSA) is 41.6 Å². The quantitative estimate of drug-likeness (QED) is 0.810. The van der Waals surface area contributed by atoms with Crippen LogP contribution in [0, 0.1) is 5.82 Å². The first-order valence-corrected chi connectivity index (χ1v) is 7.20. The average molecular weight is 337 g/mol. The lowest BCUT2D eigenvalue weighted by Gasteiger charge is -2.35. The number of amides is 1. The third-order valence-corrected chi connectivity index (χ3v) is 3.68. The zero-order valence-electron chi connectivity index (χ0n) is 11.7. The summed E-state index contributed by atoms with van der Waals surface area (Å²) in [6, 6.07) is 3.30. The van der Waals surface area contributed by atoms with Crippen LogP contribution in [0.3, 0.4) is 0 Å². The van der Waals surface area contributed by atoms with Crippen LogP contribution in [0.15, 0.2) is 18.2 Å². The number of alkyl halides is 2. The van der Waals surface area contributed by atoms with Crippen LogP contribution in [-0.2, 0) is 9.53 Å². The maximum absolute atomic E-state index is 14.1. The minimum atomic E-state index is -2.54. The fourth-order valence-electron chi connectivity index (χ4n) is 2.40. The molecule has 2 rings (SSSR count). The van der Waals surface area contributed by atoms with E-state index < -0.39 is 24.9 Å². The molecule has 1 atom stereocenters. The van der Waals surface area contributed by atoms with Gasteiger partial charge in [-0.1, -0.05) is 17.7 Å². The van der Waals surface area contributed by atoms with E-state index in [0.717, 1.165) is 0 Å². The molecule has 4 nitrogen and oxygen atoms in total. The van der Waals surface area contributed by atoms with Gasteiger partial charge >= 0.3 is 0 Å². The molecule has 1 aliphatic rings. The van der Waals surface area contributed by atoms with Gasteiger partial charge in [-0.05, 0) is 12.1 Å². The summed E-state index contributed by atoms with van der Waals surface area (Å²) in [7, 11) is 0. The number of carbonyl (C=O) groups is 1. The predicted octanol–water partition coefficient (Wildman–Crippen LogP) is 2.23. The Hall–Kier alpha value is -1.31. The van der Waals surface area contributed by atoms with Gasteiger partial charge in [0.15, 0.2) is 0 Å². The van der Waals surface area contributed by atoms with Crippen molar-refractivity contribution < 1.29 is 22.7 Å². The summed E-state index contributed by atoms with van der Waals surface area (Å²) in [5.41, 5.74) is 0.0928. The summed E-state index contributed by atoms with van der Waals surface area (Å²) in [4.78, 5) is 13.8. The molecule has 1 aromatic carbocycles. The lowest BCUT2D eigenvalue weighted by Crippen LogP contribution is -2.51. The SMILES string of the molecule is O=C1NCCN(CCOCC(F)F)C1c1c(F)cccc1Cl. The maximum Gasteiger partial charge on any atom is 0.261 e. The van der Waals surface area contributed by atoms with E-state index in [9.17, 15) is 18.0 Å². The van der Waals surface area contributed by atoms with Gasteiger partial charge in [0, 0.05) is 30.2 Å². The Kier molecular flexibility index (Phi) is 6.05. The van der Waals surface area contributed by atoms with Crippen molar-refractivity contribution in [2.45, 2.75) is 12.5 Å². The molecule has 0 radical (unpaired) electrons. The zero-order chi connectivity index (χ0) is 16.1. The van der Waals surface area contributed by atoms with Crippen LogP contribution < -0.4 is 5.32 Å². The molecule has 122 valence electrons. The van der Waals surface area contributed by atoms with E-state index in [1.54, 1.807) is 4.90 Å². The predicted molar refractivity (Wildman–Crippen MR) is 75.6 cm³/mol. The number of halogens is 4. The third kappa shape index (κ3) is 4.12. The number of rotatable bonds is 6. The van der Waals surface area contributed by atoms with E-state index >= 15 is 0 Å². The minimum absolute atomic E-state index is 0.0280. The number of carbonyl (C=O) groups excluding carboxylic acids is 1. The van der Waals surface area contributed by atoms with Gasteiger partial charge in [0.25, 0.3) is 6.43 Å². The van der Waals surface area contributed by atoms with Crippen LogP contribution >= 0.6 is 11.6 Å². The van der Waals surface area contributed by atoms with Crippen LogP contribution in [0.5, 0.6) is 0 Å². The Morgan fingerprint density at radius 3 is 2.91 bits per heavy atom. The van der Waals surface area contributed by atoms with Crippen molar-refractivity contribution >= 4 is 17.5 Å². The lowest BCUT2D eigenvalue weighted by atomic mass is 10.0. The summed E-state index contributed by atoms with van der Waals surface area (Å²) in [6.07, 6.45) is -2.54. The molecular formula is C14H16ClF3N2O2. The summed E-state index contributed by atoms with van der Waals surface area (Å²) >= 11 is 6.02. The second kappa shape index (κ2) is 7.80. The molecule has 0 bridgehead atoms. The van der Waals surface area contributed by atoms with Gasteiger partial charge in [-0.25, -0.2) is 13.2 Å². The minimum Gasteiger partial charge on any atom is -0.374 e. The van der Waals surface area contributed by atoms with Crippen molar-refractivity contribution in [2.75, 3.05) is 32.8 Å². The van der Waals surface area contributed by atoms with Crippen molar-refractivity contribution in [3.8, 4) is 0 Å². The van der Waals surface area contributed by atoms with Crippen LogP contribution in [0.25, 0.3) is 0 Å². The Labute approximate surface area is 131 Å². The van der Waals surface area contributed by atoms with Gasteiger partial charge < -0.3 is 10.1 Å². The first-order valence-electron chi connectivity index (χ1n) is 6.82. The molecule has 1 aliphatic heterocycles. The Morgan fingerprint density at radius 1 is 1.45 bits per heavy atom. The van der Waals surface area contributed by atoms with Gasteiger partial charge in [-0.3, -0.25) is 9.69 Å². The highest BCUT2D eigenvalue weighted by molar-refractivity contribution is 6.31. The van der Waals surface area contributed by atoms with Crippen molar-refractivity contribution in [1.29, 1.82) is 0 Å². The second-order valence-electron chi connectivity index (χ2n) is 4.83. The Bertz CT molecular complexity index is 511. The molecule has 1 unspecified atom stereocenters. The number of piperazine rings is 1. The molecule has 1 amide bonds. The number of nitrogens with zero attached hydrogens (tertiary/aromatic N) is 1. The fourth-order valence-corrected chi connectivity index (χ4v) is 2.66. The Balaban J connectivity index is 2.12. The van der Waals surface area contributed by atoms with Crippen molar-refractivity contribution in [1.82, 2.24) is 10.2 Å². The number of hydrogen-bond donors (Lipinski definition) is 1. The lowest BCUT2D eigenvalue weighted by molar-refractivity contribution is -0.130. The van der Waals surface area contributed by atoms with Crippen molar-refractivity contribution in [3.63, 3.8) is 0 Å². The second-order valence-corrected chi connectivity index (χ2v) is 5.24. The molecule has 22 heavy (non-hydrogen) atoms. The highest BCUT2D eigenvalue weighted by Gasteiger charge is 2.34. The first-order chi connectivity index (χ1) is 10.5. The zero-order valence-corrected chi connectivity index (χ0v) is 12.5. The number of ether oxygens (including phenoxy) is 1. The summed E-state index contributed by atoms with van der Waals surface area (Å²) in [5.74, 6) is -0.944. The van der Waals surface area contributed by atoms with E-state index in [4.69, 9.17) is 16.3 Å². The average Bonchev–Trinajstić information content (AvgIpc) is 2.45. The van der Waals surface area contributed by atoms with Gasteiger partial charge in [-0.2, -0.15) is 0 Å². The van der Waals surface area contributed by atoms with Crippen LogP contribution in [0.2, 0.25) is 5.02 Å². The highest BCUT2D eigenvalue weighted by Crippen LogP contribution is 2.31. The molecule has 0 aliphatic carbocycles. The third-order valence-electron chi connectivity index (χ3n) is 3.35. The van der Waals surface area contributed by atoms with Crippen LogP contribution in [0.4, 0.5) is 13.2 Å². The van der Waals surface area contributed by atoms with E-state index in [2.05, 4.69) is 5.32 Å². The number of hydrogen-bond acceptors (Lipinski definition) is 3. The van der Waals surface area contributed by atoms with Gasteiger partial charge in [0.2, 0.25) is 5.91 Å². The van der Waals surface area contributed by atoms with Crippen LogP contribution in [-0.4, -0.2) is 50.1 Å². The van der Waals surface area contributed by atoms with Gasteiger partial charge in [0.05, 0.1) is 6.61 Å². The van der Waals surface area contributed by atoms with Gasteiger partial charge in [0.1, 0.15) is 18.5 Å². The largest absolute Gasteiger partial charge is 0.374 e. The smallest absolute Gasteiger partial charge is 0.261 e. The Morgan fingerprint density at radius 2 is 2.23 bits per heavy atom. The molecule has 1 saturated heterocycles. The van der Waals surface area contributed by atoms with E-state index in [1.165, 1.54) is 18.2 Å². The molecule has 1 heterocycles. The molecular weight excluding hydrogens is 321 g/mol. The monoisotopic (exact) mass is 336 g/mol. The summed E-state index contributed by atoms with van der Waals surface area (Å²) in [6.45, 7) is 0.455. The standard InChI is InChI=1S/C14H16ClF3N2O2/c15-9-2-1-3-10(16)12(9)13-14(21)19-4-5-20(13)6-7-22-8-11(17)18/h1-3,11,13H,4-8H2,(H,19,21). The van der Waals surface area contributed by atoms with E-state index in [-0.39, 0.29) is 29.6 Å². The van der Waals surface area contributed by atoms with Crippen molar-refractivity contribution in [3.05, 3.63) is 34.6 Å². The molecule has 1 N–H and O–H groups in total. The molecule has 0 aromatic heterocycles. The summed E-state index contributed by atoms with van der Waals surface area (Å²) < 4.78 is 43.0. The first kappa shape index (κ1) is 17.1. The fraction of sp³-hybridized carbons (Fsp3) is 0.500. The normalized spacial score (nSPS) is 19.5.